The fraction of sp³-hybridized carbons (Fsp3) is 0.700. The summed E-state index contributed by atoms with van der Waals surface area (Å²) >= 11 is 0. The minimum Gasteiger partial charge on any atom is -0.380 e. The molecule has 0 radical (unpaired) electrons. The van der Waals surface area contributed by atoms with Crippen molar-refractivity contribution in [3.05, 3.63) is 18.0 Å². The first-order valence-electron chi connectivity index (χ1n) is 5.21. The van der Waals surface area contributed by atoms with E-state index in [-0.39, 0.29) is 12.1 Å². The third kappa shape index (κ3) is 3.30. The molecule has 5 nitrogen and oxygen atoms in total. The van der Waals surface area contributed by atoms with Crippen LogP contribution < -0.4 is 11.3 Å². The Morgan fingerprint density at radius 1 is 1.67 bits per heavy atom. The fourth-order valence-corrected chi connectivity index (χ4v) is 1.46. The van der Waals surface area contributed by atoms with Gasteiger partial charge in [-0.25, -0.2) is 0 Å². The molecular formula is C10H20N4O. The van der Waals surface area contributed by atoms with Gasteiger partial charge in [0.05, 0.1) is 18.3 Å². The van der Waals surface area contributed by atoms with Gasteiger partial charge in [-0.2, -0.15) is 5.10 Å². The molecule has 0 aliphatic rings. The number of hydrogen-bond donors (Lipinski definition) is 2. The van der Waals surface area contributed by atoms with Crippen LogP contribution in [0.2, 0.25) is 0 Å². The van der Waals surface area contributed by atoms with E-state index < -0.39 is 0 Å². The Hall–Kier alpha value is -0.910. The van der Waals surface area contributed by atoms with E-state index in [0.29, 0.717) is 0 Å². The summed E-state index contributed by atoms with van der Waals surface area (Å²) in [6.45, 7) is 4.95. The number of hydrazine groups is 1. The third-order valence-electron chi connectivity index (χ3n) is 2.62. The summed E-state index contributed by atoms with van der Waals surface area (Å²) in [5.74, 6) is 5.48. The standard InChI is InChI=1S/C10H20N4O/c1-4-14-7-9(6-12-14)5-10(13-11)8(2)15-3/h6-8,10,13H,4-5,11H2,1-3H3. The Morgan fingerprint density at radius 3 is 2.87 bits per heavy atom. The molecule has 0 fully saturated rings. The predicted octanol–water partition coefficient (Wildman–Crippen LogP) is 0.312. The van der Waals surface area contributed by atoms with Crippen molar-refractivity contribution in [2.24, 2.45) is 5.84 Å². The molecule has 5 heteroatoms. The number of aryl methyl sites for hydroxylation is 1. The van der Waals surface area contributed by atoms with Crippen LogP contribution in [0.5, 0.6) is 0 Å². The Kier molecular flexibility index (Phi) is 4.74. The lowest BCUT2D eigenvalue weighted by Crippen LogP contribution is -2.44. The van der Waals surface area contributed by atoms with Crippen LogP contribution in [0.1, 0.15) is 19.4 Å². The van der Waals surface area contributed by atoms with Crippen LogP contribution in [0.4, 0.5) is 0 Å². The van der Waals surface area contributed by atoms with Gasteiger partial charge in [-0.05, 0) is 25.8 Å². The van der Waals surface area contributed by atoms with Crippen LogP contribution in [-0.4, -0.2) is 29.0 Å². The molecule has 86 valence electrons. The smallest absolute Gasteiger partial charge is 0.0712 e. The van der Waals surface area contributed by atoms with E-state index in [1.54, 1.807) is 7.11 Å². The van der Waals surface area contributed by atoms with Crippen LogP contribution in [0.25, 0.3) is 0 Å². The molecule has 0 spiro atoms. The number of ether oxygens (including phenoxy) is 1. The van der Waals surface area contributed by atoms with Crippen LogP contribution in [0.3, 0.4) is 0 Å². The zero-order chi connectivity index (χ0) is 11.3. The minimum absolute atomic E-state index is 0.0833. The second-order valence-electron chi connectivity index (χ2n) is 3.62. The van der Waals surface area contributed by atoms with Gasteiger partial charge in [0, 0.05) is 19.9 Å². The Labute approximate surface area is 90.6 Å². The van der Waals surface area contributed by atoms with E-state index in [1.165, 1.54) is 5.56 Å². The number of nitrogens with two attached hydrogens (primary N) is 1. The molecular weight excluding hydrogens is 192 g/mol. The highest BCUT2D eigenvalue weighted by Gasteiger charge is 2.16. The van der Waals surface area contributed by atoms with Crippen molar-refractivity contribution < 1.29 is 4.74 Å². The number of nitrogens with zero attached hydrogens (tertiary/aromatic N) is 2. The zero-order valence-corrected chi connectivity index (χ0v) is 9.60. The quantitative estimate of drug-likeness (QED) is 0.526. The molecule has 1 rings (SSSR count). The second kappa shape index (κ2) is 5.85. The Bertz CT molecular complexity index is 287. The van der Waals surface area contributed by atoms with E-state index in [9.17, 15) is 0 Å². The number of rotatable bonds is 6. The van der Waals surface area contributed by atoms with E-state index >= 15 is 0 Å². The monoisotopic (exact) mass is 212 g/mol. The molecule has 1 heterocycles. The molecule has 1 aromatic heterocycles. The molecule has 15 heavy (non-hydrogen) atoms. The fourth-order valence-electron chi connectivity index (χ4n) is 1.46. The number of nitrogens with one attached hydrogen (secondary N) is 1. The molecule has 2 atom stereocenters. The lowest BCUT2D eigenvalue weighted by atomic mass is 10.1. The average Bonchev–Trinajstić information content (AvgIpc) is 2.72. The molecule has 3 N–H and O–H groups in total. The Balaban J connectivity index is 2.58. The lowest BCUT2D eigenvalue weighted by Gasteiger charge is -2.21. The van der Waals surface area contributed by atoms with Crippen molar-refractivity contribution in [3.8, 4) is 0 Å². The molecule has 0 aromatic carbocycles. The van der Waals surface area contributed by atoms with Gasteiger partial charge in [0.2, 0.25) is 0 Å². The first kappa shape index (κ1) is 12.2. The molecule has 0 aliphatic heterocycles. The molecule has 0 amide bonds. The van der Waals surface area contributed by atoms with Crippen molar-refractivity contribution in [1.82, 2.24) is 15.2 Å². The van der Waals surface area contributed by atoms with E-state index in [2.05, 4.69) is 17.4 Å². The van der Waals surface area contributed by atoms with E-state index in [4.69, 9.17) is 10.6 Å². The molecule has 1 aromatic rings. The third-order valence-corrected chi connectivity index (χ3v) is 2.62. The second-order valence-corrected chi connectivity index (χ2v) is 3.62. The van der Waals surface area contributed by atoms with Gasteiger partial charge >= 0.3 is 0 Å². The van der Waals surface area contributed by atoms with Crippen LogP contribution in [0.15, 0.2) is 12.4 Å². The highest BCUT2D eigenvalue weighted by molar-refractivity contribution is 5.06. The minimum atomic E-state index is 0.0833. The topological polar surface area (TPSA) is 65.1 Å². The Morgan fingerprint density at radius 2 is 2.40 bits per heavy atom. The summed E-state index contributed by atoms with van der Waals surface area (Å²) in [4.78, 5) is 0. The largest absolute Gasteiger partial charge is 0.380 e. The molecule has 2 unspecified atom stereocenters. The number of hydrogen-bond acceptors (Lipinski definition) is 4. The maximum atomic E-state index is 5.48. The molecule has 0 saturated heterocycles. The van der Waals surface area contributed by atoms with Gasteiger partial charge in [-0.1, -0.05) is 0 Å². The average molecular weight is 212 g/mol. The van der Waals surface area contributed by atoms with Crippen LogP contribution >= 0.6 is 0 Å². The summed E-state index contributed by atoms with van der Waals surface area (Å²) in [5.41, 5.74) is 3.94. The summed E-state index contributed by atoms with van der Waals surface area (Å²) in [6, 6.07) is 0.115. The van der Waals surface area contributed by atoms with Gasteiger partial charge in [-0.3, -0.25) is 16.0 Å². The van der Waals surface area contributed by atoms with E-state index in [1.807, 2.05) is 24.0 Å². The maximum Gasteiger partial charge on any atom is 0.0712 e. The van der Waals surface area contributed by atoms with Gasteiger partial charge < -0.3 is 4.74 Å². The highest BCUT2D eigenvalue weighted by atomic mass is 16.5. The van der Waals surface area contributed by atoms with Crippen molar-refractivity contribution in [3.63, 3.8) is 0 Å². The summed E-state index contributed by atoms with van der Waals surface area (Å²) in [7, 11) is 1.68. The normalized spacial score (nSPS) is 15.2. The van der Waals surface area contributed by atoms with Gasteiger partial charge in [-0.15, -0.1) is 0 Å². The first-order chi connectivity index (χ1) is 7.21. The zero-order valence-electron chi connectivity index (χ0n) is 9.60. The highest BCUT2D eigenvalue weighted by Crippen LogP contribution is 2.06. The van der Waals surface area contributed by atoms with Crippen LogP contribution in [0, 0.1) is 0 Å². The summed E-state index contributed by atoms with van der Waals surface area (Å²) in [5, 5.41) is 4.21. The summed E-state index contributed by atoms with van der Waals surface area (Å²) in [6.07, 6.45) is 4.81. The molecule has 0 bridgehead atoms. The van der Waals surface area contributed by atoms with Crippen molar-refractivity contribution in [2.45, 2.75) is 39.0 Å². The predicted molar refractivity (Wildman–Crippen MR) is 59.2 cm³/mol. The van der Waals surface area contributed by atoms with Crippen molar-refractivity contribution in [1.29, 1.82) is 0 Å². The van der Waals surface area contributed by atoms with Crippen LogP contribution in [-0.2, 0) is 17.7 Å². The number of methoxy groups -OCH3 is 1. The lowest BCUT2D eigenvalue weighted by molar-refractivity contribution is 0.0831. The molecule has 0 aliphatic carbocycles. The molecule has 0 saturated carbocycles. The maximum absolute atomic E-state index is 5.48. The van der Waals surface area contributed by atoms with E-state index in [0.717, 1.165) is 13.0 Å². The van der Waals surface area contributed by atoms with Crippen molar-refractivity contribution >= 4 is 0 Å². The number of aromatic nitrogens is 2. The van der Waals surface area contributed by atoms with Gasteiger partial charge in [0.25, 0.3) is 0 Å². The first-order valence-corrected chi connectivity index (χ1v) is 5.21. The van der Waals surface area contributed by atoms with Gasteiger partial charge in [0.1, 0.15) is 0 Å². The SMILES string of the molecule is CCn1cc(CC(NN)C(C)OC)cn1. The van der Waals surface area contributed by atoms with Gasteiger partial charge in [0.15, 0.2) is 0 Å². The summed E-state index contributed by atoms with van der Waals surface area (Å²) < 4.78 is 7.14. The van der Waals surface area contributed by atoms with Crippen molar-refractivity contribution in [2.75, 3.05) is 7.11 Å².